The van der Waals surface area contributed by atoms with Crippen LogP contribution in [0.5, 0.6) is 0 Å². The number of likely N-dealkylation sites (tertiary alicyclic amines) is 2. The highest BCUT2D eigenvalue weighted by molar-refractivity contribution is 9.09. The van der Waals surface area contributed by atoms with E-state index in [1.54, 1.807) is 6.92 Å². The third-order valence-corrected chi connectivity index (χ3v) is 12.7. The summed E-state index contributed by atoms with van der Waals surface area (Å²) in [5.74, 6) is 6.36. The van der Waals surface area contributed by atoms with Gasteiger partial charge in [0.25, 0.3) is 0 Å². The molecule has 6 rings (SSSR count). The van der Waals surface area contributed by atoms with Crippen LogP contribution < -0.4 is 0 Å². The highest BCUT2D eigenvalue weighted by atomic mass is 79.9. The second-order valence-corrected chi connectivity index (χ2v) is 14.3. The van der Waals surface area contributed by atoms with Crippen molar-refractivity contribution in [2.24, 2.45) is 34.5 Å². The summed E-state index contributed by atoms with van der Waals surface area (Å²) in [5, 5.41) is 11.7. The molecule has 2 heterocycles. The van der Waals surface area contributed by atoms with E-state index in [0.29, 0.717) is 29.3 Å². The van der Waals surface area contributed by atoms with Gasteiger partial charge in [-0.15, -0.1) is 0 Å². The Balaban J connectivity index is 0.000000886. The molecule has 7 heteroatoms. The van der Waals surface area contributed by atoms with Crippen LogP contribution in [-0.4, -0.2) is 83.0 Å². The maximum Gasteiger partial charge on any atom is 0.302 e. The highest BCUT2D eigenvalue weighted by Crippen LogP contribution is 2.67. The molecule has 0 bridgehead atoms. The smallest absolute Gasteiger partial charge is 0.302 e. The van der Waals surface area contributed by atoms with Gasteiger partial charge in [-0.25, -0.2) is 0 Å². The number of carbonyl (C=O) groups is 1. The largest absolute Gasteiger partial charge is 0.461 e. The summed E-state index contributed by atoms with van der Waals surface area (Å²) in [6, 6.07) is 0.767. The molecule has 0 radical (unpaired) electrons. The number of aliphatic hydroxyl groups is 1. The Morgan fingerprint density at radius 2 is 1.35 bits per heavy atom. The fourth-order valence-corrected chi connectivity index (χ4v) is 10.8. The molecule has 0 aromatic heterocycles. The van der Waals surface area contributed by atoms with Crippen LogP contribution >= 0.6 is 31.9 Å². The molecule has 232 valence electrons. The zero-order chi connectivity index (χ0) is 29.1. The first-order chi connectivity index (χ1) is 19.3. The van der Waals surface area contributed by atoms with Gasteiger partial charge in [0.1, 0.15) is 6.10 Å². The second-order valence-electron chi connectivity index (χ2n) is 14.3. The number of nitrogens with zero attached hydrogens (tertiary/aromatic N) is 2. The van der Waals surface area contributed by atoms with E-state index in [1.165, 1.54) is 103 Å². The number of aliphatic hydroxyl groups excluding tert-OH is 1. The highest BCUT2D eigenvalue weighted by Gasteiger charge is 2.64. The third-order valence-electron chi connectivity index (χ3n) is 12.7. The summed E-state index contributed by atoms with van der Waals surface area (Å²) in [6.07, 6.45) is 16.3. The van der Waals surface area contributed by atoms with Gasteiger partial charge in [-0.3, -0.25) is 14.6 Å². The fourth-order valence-electron chi connectivity index (χ4n) is 10.8. The van der Waals surface area contributed by atoms with E-state index in [9.17, 15) is 9.90 Å². The molecule has 5 nitrogen and oxygen atoms in total. The van der Waals surface area contributed by atoms with Gasteiger partial charge in [0.2, 0.25) is 0 Å². The monoisotopic (exact) mass is 688 g/mol. The summed E-state index contributed by atoms with van der Waals surface area (Å²) in [6.45, 7) is 11.4. The molecule has 10 atom stereocenters. The van der Waals surface area contributed by atoms with E-state index in [2.05, 4.69) is 55.5 Å². The van der Waals surface area contributed by atoms with Crippen LogP contribution in [0.15, 0.2) is 0 Å². The van der Waals surface area contributed by atoms with Gasteiger partial charge in [0, 0.05) is 19.0 Å². The number of fused-ring (bicyclic) bond motifs is 5. The summed E-state index contributed by atoms with van der Waals surface area (Å²) in [5.41, 5.74) is 0.421. The summed E-state index contributed by atoms with van der Waals surface area (Å²) >= 11 is 5.88. The standard InChI is InChI=1S/C31H52N2O3.2CH3Br/c1-21(34)36-28-18-22-10-11-23-24(31(22,3)20-27(28)33-16-8-5-9-17-33)12-13-30(2)25(23)19-26(29(30)35)32-14-6-4-7-15-32;2*1-2/h22-29,35H,4-20H2,1-3H3;2*1H3/t22-,23+,24-,25-,26-,27-,28-,29-,30-,31-;;/m0../s1. The third kappa shape index (κ3) is 6.26. The lowest BCUT2D eigenvalue weighted by molar-refractivity contribution is -0.176. The number of halogens is 2. The molecule has 0 aromatic carbocycles. The van der Waals surface area contributed by atoms with Crippen LogP contribution in [0.3, 0.4) is 0 Å². The van der Waals surface area contributed by atoms with Gasteiger partial charge in [0.05, 0.1) is 6.10 Å². The van der Waals surface area contributed by atoms with Crippen LogP contribution in [0.4, 0.5) is 0 Å². The number of esters is 1. The molecule has 6 fully saturated rings. The second kappa shape index (κ2) is 14.4. The number of piperidine rings is 2. The summed E-state index contributed by atoms with van der Waals surface area (Å²) in [4.78, 5) is 17.5. The SMILES string of the molecule is CBr.CBr.CC(=O)O[C@H]1C[C@@H]2CC[C@@H]3[C@H](CC[C@]4(C)[C@@H](O)[C@@H](N5CCCCC5)C[C@@H]34)[C@@]2(C)C[C@@H]1N1CCCCC1. The average molecular weight is 691 g/mol. The molecule has 6 aliphatic rings. The number of rotatable bonds is 3. The zero-order valence-corrected chi connectivity index (χ0v) is 29.2. The Labute approximate surface area is 262 Å². The number of alkyl halides is 2. The maximum absolute atomic E-state index is 12.1. The van der Waals surface area contributed by atoms with Crippen LogP contribution in [0.1, 0.15) is 104 Å². The van der Waals surface area contributed by atoms with Crippen LogP contribution in [0.2, 0.25) is 0 Å². The van der Waals surface area contributed by atoms with E-state index in [4.69, 9.17) is 4.74 Å². The Bertz CT molecular complexity index is 820. The number of carbonyl (C=O) groups excluding carboxylic acids is 1. The minimum Gasteiger partial charge on any atom is -0.461 e. The normalized spacial score (nSPS) is 45.4. The van der Waals surface area contributed by atoms with Crippen molar-refractivity contribution >= 4 is 37.8 Å². The molecular weight excluding hydrogens is 632 g/mol. The van der Waals surface area contributed by atoms with Gasteiger partial charge >= 0.3 is 5.97 Å². The first-order valence-corrected chi connectivity index (χ1v) is 19.6. The Morgan fingerprint density at radius 1 is 0.775 bits per heavy atom. The Hall–Kier alpha value is 0.310. The minimum atomic E-state index is -0.159. The van der Waals surface area contributed by atoms with Crippen molar-refractivity contribution in [2.45, 2.75) is 129 Å². The first kappa shape index (κ1) is 33.2. The van der Waals surface area contributed by atoms with Gasteiger partial charge in [0.15, 0.2) is 0 Å². The molecule has 0 spiro atoms. The van der Waals surface area contributed by atoms with E-state index in [1.807, 2.05) is 11.7 Å². The molecular formula is C33H58Br2N2O3. The lowest BCUT2D eigenvalue weighted by Crippen LogP contribution is -2.61. The zero-order valence-electron chi connectivity index (χ0n) is 26.1. The van der Waals surface area contributed by atoms with Crippen molar-refractivity contribution in [2.75, 3.05) is 37.8 Å². The molecule has 0 aromatic rings. The van der Waals surface area contributed by atoms with Crippen molar-refractivity contribution in [1.29, 1.82) is 0 Å². The molecule has 2 aliphatic heterocycles. The van der Waals surface area contributed by atoms with Crippen LogP contribution in [0.25, 0.3) is 0 Å². The first-order valence-electron chi connectivity index (χ1n) is 16.4. The number of hydrogen-bond acceptors (Lipinski definition) is 5. The van der Waals surface area contributed by atoms with Crippen molar-refractivity contribution in [1.82, 2.24) is 9.80 Å². The molecule has 4 saturated carbocycles. The molecule has 0 amide bonds. The molecule has 1 N–H and O–H groups in total. The lowest BCUT2D eigenvalue weighted by atomic mass is 9.44. The van der Waals surface area contributed by atoms with Crippen LogP contribution in [-0.2, 0) is 9.53 Å². The van der Waals surface area contributed by atoms with Crippen molar-refractivity contribution < 1.29 is 14.6 Å². The summed E-state index contributed by atoms with van der Waals surface area (Å²) in [7, 11) is 0. The van der Waals surface area contributed by atoms with Gasteiger partial charge in [-0.05, 0) is 143 Å². The van der Waals surface area contributed by atoms with Crippen LogP contribution in [0, 0.1) is 34.5 Å². The average Bonchev–Trinajstić information content (AvgIpc) is 3.26. The number of hydrogen-bond donors (Lipinski definition) is 1. The van der Waals surface area contributed by atoms with E-state index < -0.39 is 0 Å². The quantitative estimate of drug-likeness (QED) is 0.250. The molecule has 0 unspecified atom stereocenters. The van der Waals surface area contributed by atoms with E-state index >= 15 is 0 Å². The van der Waals surface area contributed by atoms with Crippen molar-refractivity contribution in [3.63, 3.8) is 0 Å². The van der Waals surface area contributed by atoms with Crippen molar-refractivity contribution in [3.8, 4) is 0 Å². The van der Waals surface area contributed by atoms with Gasteiger partial charge in [-0.1, -0.05) is 58.5 Å². The van der Waals surface area contributed by atoms with E-state index in [-0.39, 0.29) is 23.6 Å². The molecule has 40 heavy (non-hydrogen) atoms. The molecule has 2 saturated heterocycles. The van der Waals surface area contributed by atoms with Gasteiger partial charge in [-0.2, -0.15) is 0 Å². The predicted octanol–water partition coefficient (Wildman–Crippen LogP) is 7.27. The van der Waals surface area contributed by atoms with E-state index in [0.717, 1.165) is 18.3 Å². The van der Waals surface area contributed by atoms with Crippen molar-refractivity contribution in [3.05, 3.63) is 0 Å². The Morgan fingerprint density at radius 3 is 1.93 bits per heavy atom. The Kier molecular flexibility index (Phi) is 11.9. The fraction of sp³-hybridized carbons (Fsp3) is 0.970. The minimum absolute atomic E-state index is 0.0702. The predicted molar refractivity (Wildman–Crippen MR) is 172 cm³/mol. The maximum atomic E-state index is 12.1. The lowest BCUT2D eigenvalue weighted by Gasteiger charge is -2.62. The number of ether oxygens (including phenoxy) is 1. The molecule has 4 aliphatic carbocycles. The summed E-state index contributed by atoms with van der Waals surface area (Å²) < 4.78 is 6.05. The van der Waals surface area contributed by atoms with Gasteiger partial charge < -0.3 is 9.84 Å². The topological polar surface area (TPSA) is 53.0 Å².